The molecule has 0 radical (unpaired) electrons. The van der Waals surface area contributed by atoms with Crippen LogP contribution in [0.4, 0.5) is 0 Å². The average molecular weight is 409 g/mol. The van der Waals surface area contributed by atoms with Crippen LogP contribution in [0.15, 0.2) is 30.4 Å². The van der Waals surface area contributed by atoms with Crippen LogP contribution >= 0.6 is 0 Å². The number of hydrogen-bond donors (Lipinski definition) is 0. The zero-order chi connectivity index (χ0) is 21.0. The number of amides is 1. The number of carbonyl (C=O) groups is 1. The number of hydrogen-bond acceptors (Lipinski definition) is 6. The molecule has 158 valence electrons. The van der Waals surface area contributed by atoms with Gasteiger partial charge < -0.3 is 18.9 Å². The fourth-order valence-electron chi connectivity index (χ4n) is 4.63. The van der Waals surface area contributed by atoms with E-state index in [0.29, 0.717) is 51.4 Å². The number of imidazole rings is 1. The minimum atomic E-state index is -0.513. The maximum Gasteiger partial charge on any atom is 0.266 e. The van der Waals surface area contributed by atoms with Gasteiger partial charge in [0.05, 0.1) is 24.0 Å². The SMILES string of the molecule is COCC1(C(=C(C#N)C(=O)N2CCCCC2)n2cnc3cnccc32)CCOCC1. The molecule has 2 fully saturated rings. The summed E-state index contributed by atoms with van der Waals surface area (Å²) in [5, 5.41) is 10.2. The second-order valence-electron chi connectivity index (χ2n) is 7.99. The van der Waals surface area contributed by atoms with E-state index < -0.39 is 5.41 Å². The molecule has 2 aliphatic heterocycles. The predicted octanol–water partition coefficient (Wildman–Crippen LogP) is 2.62. The Labute approximate surface area is 176 Å². The number of pyridine rings is 1. The van der Waals surface area contributed by atoms with Gasteiger partial charge in [-0.15, -0.1) is 0 Å². The van der Waals surface area contributed by atoms with Gasteiger partial charge in [0.25, 0.3) is 5.91 Å². The van der Waals surface area contributed by atoms with Crippen molar-refractivity contribution >= 4 is 22.6 Å². The number of methoxy groups -OCH3 is 1. The smallest absolute Gasteiger partial charge is 0.266 e. The molecule has 8 heteroatoms. The Balaban J connectivity index is 1.93. The summed E-state index contributed by atoms with van der Waals surface area (Å²) in [4.78, 5) is 23.9. The Morgan fingerprint density at radius 1 is 1.30 bits per heavy atom. The second-order valence-corrected chi connectivity index (χ2v) is 7.99. The van der Waals surface area contributed by atoms with Crippen molar-refractivity contribution in [1.29, 1.82) is 5.26 Å². The largest absolute Gasteiger partial charge is 0.384 e. The topological polar surface area (TPSA) is 93.3 Å². The minimum absolute atomic E-state index is 0.173. The molecule has 0 unspecified atom stereocenters. The molecule has 0 N–H and O–H groups in total. The van der Waals surface area contributed by atoms with Gasteiger partial charge in [-0.3, -0.25) is 9.78 Å². The third-order valence-electron chi connectivity index (χ3n) is 6.17. The van der Waals surface area contributed by atoms with Crippen molar-refractivity contribution in [2.75, 3.05) is 40.0 Å². The van der Waals surface area contributed by atoms with Crippen molar-refractivity contribution in [2.45, 2.75) is 32.1 Å². The molecule has 0 aliphatic carbocycles. The molecular formula is C22H27N5O3. The standard InChI is InChI=1S/C22H27N5O3/c1-29-15-22(6-11-30-12-7-22)20(27-16-25-18-14-24-8-5-19(18)27)17(13-23)21(28)26-9-3-2-4-10-26/h5,8,14,16H,2-4,6-7,9-12,15H2,1H3. The molecule has 2 aromatic heterocycles. The van der Waals surface area contributed by atoms with Gasteiger partial charge in [0.1, 0.15) is 23.5 Å². The summed E-state index contributed by atoms with van der Waals surface area (Å²) in [6.45, 7) is 2.88. The average Bonchev–Trinajstić information content (AvgIpc) is 3.22. The van der Waals surface area contributed by atoms with Crippen molar-refractivity contribution in [3.05, 3.63) is 30.4 Å². The van der Waals surface area contributed by atoms with Crippen molar-refractivity contribution in [3.63, 3.8) is 0 Å². The molecule has 2 aromatic rings. The Morgan fingerprint density at radius 2 is 2.07 bits per heavy atom. The van der Waals surface area contributed by atoms with Gasteiger partial charge in [0.2, 0.25) is 0 Å². The quantitative estimate of drug-likeness (QED) is 0.557. The first-order valence-corrected chi connectivity index (χ1v) is 10.5. The second kappa shape index (κ2) is 8.94. The maximum absolute atomic E-state index is 13.5. The lowest BCUT2D eigenvalue weighted by molar-refractivity contribution is -0.127. The van der Waals surface area contributed by atoms with E-state index in [4.69, 9.17) is 9.47 Å². The van der Waals surface area contributed by atoms with E-state index in [1.807, 2.05) is 15.5 Å². The molecule has 4 rings (SSSR count). The van der Waals surface area contributed by atoms with Crippen LogP contribution < -0.4 is 0 Å². The van der Waals surface area contributed by atoms with Crippen LogP contribution in [0.3, 0.4) is 0 Å². The highest BCUT2D eigenvalue weighted by molar-refractivity contribution is 6.04. The highest BCUT2D eigenvalue weighted by atomic mass is 16.5. The number of carbonyl (C=O) groups excluding carboxylic acids is 1. The number of fused-ring (bicyclic) bond motifs is 1. The number of rotatable bonds is 5. The Hall–Kier alpha value is -2.76. The highest BCUT2D eigenvalue weighted by Gasteiger charge is 2.42. The first-order valence-electron chi connectivity index (χ1n) is 10.5. The van der Waals surface area contributed by atoms with Gasteiger partial charge in [0.15, 0.2) is 0 Å². The van der Waals surface area contributed by atoms with Gasteiger partial charge in [0, 0.05) is 45.0 Å². The molecule has 30 heavy (non-hydrogen) atoms. The molecule has 0 aromatic carbocycles. The maximum atomic E-state index is 13.5. The summed E-state index contributed by atoms with van der Waals surface area (Å²) >= 11 is 0. The lowest BCUT2D eigenvalue weighted by Crippen LogP contribution is -2.41. The van der Waals surface area contributed by atoms with E-state index >= 15 is 0 Å². The van der Waals surface area contributed by atoms with Gasteiger partial charge in [-0.2, -0.15) is 5.26 Å². The van der Waals surface area contributed by atoms with Crippen LogP contribution in [0.5, 0.6) is 0 Å². The fraction of sp³-hybridized carbons (Fsp3) is 0.545. The van der Waals surface area contributed by atoms with Crippen molar-refractivity contribution in [3.8, 4) is 6.07 Å². The van der Waals surface area contributed by atoms with Gasteiger partial charge in [-0.25, -0.2) is 4.98 Å². The molecule has 8 nitrogen and oxygen atoms in total. The molecule has 1 amide bonds. The molecule has 2 aliphatic rings. The van der Waals surface area contributed by atoms with Crippen molar-refractivity contribution in [1.82, 2.24) is 19.4 Å². The number of ether oxygens (including phenoxy) is 2. The zero-order valence-corrected chi connectivity index (χ0v) is 17.3. The normalized spacial score (nSPS) is 19.9. The molecule has 0 saturated carbocycles. The van der Waals surface area contributed by atoms with Crippen LogP contribution in [-0.4, -0.2) is 65.4 Å². The highest BCUT2D eigenvalue weighted by Crippen LogP contribution is 2.44. The molecule has 4 heterocycles. The summed E-state index contributed by atoms with van der Waals surface area (Å²) in [7, 11) is 1.66. The third-order valence-corrected chi connectivity index (χ3v) is 6.17. The summed E-state index contributed by atoms with van der Waals surface area (Å²) < 4.78 is 13.1. The molecular weight excluding hydrogens is 382 g/mol. The molecule has 2 saturated heterocycles. The van der Waals surface area contributed by atoms with Gasteiger partial charge >= 0.3 is 0 Å². The Kier molecular flexibility index (Phi) is 6.11. The van der Waals surface area contributed by atoms with Crippen molar-refractivity contribution in [2.24, 2.45) is 5.41 Å². The van der Waals surface area contributed by atoms with E-state index in [9.17, 15) is 10.1 Å². The molecule has 0 atom stereocenters. The van der Waals surface area contributed by atoms with E-state index in [2.05, 4.69) is 16.0 Å². The van der Waals surface area contributed by atoms with Crippen LogP contribution in [0, 0.1) is 16.7 Å². The number of aromatic nitrogens is 3. The lowest BCUT2D eigenvalue weighted by atomic mass is 9.75. The fourth-order valence-corrected chi connectivity index (χ4v) is 4.63. The van der Waals surface area contributed by atoms with Crippen molar-refractivity contribution < 1.29 is 14.3 Å². The Bertz CT molecular complexity index is 973. The number of nitrogens with zero attached hydrogens (tertiary/aromatic N) is 5. The van der Waals surface area contributed by atoms with Crippen LogP contribution in [0.25, 0.3) is 16.7 Å². The van der Waals surface area contributed by atoms with Crippen LogP contribution in [0.2, 0.25) is 0 Å². The molecule has 0 spiro atoms. The first-order chi connectivity index (χ1) is 14.7. The predicted molar refractivity (Wildman–Crippen MR) is 111 cm³/mol. The minimum Gasteiger partial charge on any atom is -0.384 e. The lowest BCUT2D eigenvalue weighted by Gasteiger charge is -2.40. The van der Waals surface area contributed by atoms with Gasteiger partial charge in [-0.1, -0.05) is 0 Å². The van der Waals surface area contributed by atoms with E-state index in [-0.39, 0.29) is 11.5 Å². The summed E-state index contributed by atoms with van der Waals surface area (Å²) in [5.41, 5.74) is 1.87. The van der Waals surface area contributed by atoms with Gasteiger partial charge in [-0.05, 0) is 38.2 Å². The first kappa shape index (κ1) is 20.5. The third kappa shape index (κ3) is 3.71. The zero-order valence-electron chi connectivity index (χ0n) is 17.3. The molecule has 0 bridgehead atoms. The summed E-state index contributed by atoms with van der Waals surface area (Å²) in [6.07, 6.45) is 9.46. The summed E-state index contributed by atoms with van der Waals surface area (Å²) in [6, 6.07) is 4.12. The summed E-state index contributed by atoms with van der Waals surface area (Å²) in [5.74, 6) is -0.204. The number of likely N-dealkylation sites (tertiary alicyclic amines) is 1. The Morgan fingerprint density at radius 3 is 2.77 bits per heavy atom. The van der Waals surface area contributed by atoms with E-state index in [0.717, 1.165) is 30.3 Å². The number of nitriles is 1. The number of piperidine rings is 1. The van der Waals surface area contributed by atoms with E-state index in [1.165, 1.54) is 0 Å². The monoisotopic (exact) mass is 409 g/mol. The van der Waals surface area contributed by atoms with E-state index in [1.54, 1.807) is 25.8 Å². The van der Waals surface area contributed by atoms with Crippen LogP contribution in [0.1, 0.15) is 32.1 Å². The van der Waals surface area contributed by atoms with Crippen LogP contribution in [-0.2, 0) is 14.3 Å².